The molecule has 0 bridgehead atoms. The van der Waals surface area contributed by atoms with E-state index in [4.69, 9.17) is 9.57 Å². The third-order valence-electron chi connectivity index (χ3n) is 7.55. The van der Waals surface area contributed by atoms with Gasteiger partial charge in [-0.3, -0.25) is 9.63 Å². The Morgan fingerprint density at radius 2 is 1.83 bits per heavy atom. The Labute approximate surface area is 274 Å². The SMILES string of the molecule is C=CC(=O)Nc1cc(Nc2cc(N3OCC[C@@H]3c3cccc(C#Cc4cccc(F)c4)c3)ncn2)c(OC)cc1N(C)CCN(C)C. The Kier molecular flexibility index (Phi) is 10.7. The van der Waals surface area contributed by atoms with Crippen LogP contribution in [0.4, 0.5) is 33.1 Å². The molecule has 3 aromatic carbocycles. The van der Waals surface area contributed by atoms with E-state index < -0.39 is 0 Å². The number of hydroxylamine groups is 1. The Bertz CT molecular complexity index is 1800. The van der Waals surface area contributed by atoms with Crippen LogP contribution in [-0.4, -0.2) is 68.7 Å². The van der Waals surface area contributed by atoms with Gasteiger partial charge in [0, 0.05) is 49.8 Å². The predicted octanol–water partition coefficient (Wildman–Crippen LogP) is 5.77. The van der Waals surface area contributed by atoms with E-state index in [1.165, 1.54) is 24.5 Å². The monoisotopic (exact) mass is 635 g/mol. The number of hydrogen-bond acceptors (Lipinski definition) is 9. The zero-order valence-electron chi connectivity index (χ0n) is 27.0. The molecule has 0 aliphatic carbocycles. The van der Waals surface area contributed by atoms with Crippen molar-refractivity contribution in [2.45, 2.75) is 12.5 Å². The topological polar surface area (TPSA) is 95.1 Å². The number of methoxy groups -OCH3 is 1. The van der Waals surface area contributed by atoms with E-state index in [0.717, 1.165) is 36.3 Å². The van der Waals surface area contributed by atoms with E-state index in [-0.39, 0.29) is 17.8 Å². The van der Waals surface area contributed by atoms with Crippen LogP contribution in [0, 0.1) is 17.7 Å². The molecule has 2 heterocycles. The standard InChI is InChI=1S/C36H38FN7O3/c1-6-36(45)41-29-21-30(33(46-5)22-32(29)43(4)17-16-42(2)3)40-34-23-35(39-24-38-34)44-31(15-18-47-44)27-11-7-9-25(19-27)13-14-26-10-8-12-28(37)20-26/h6-12,19-24,31H,1,15-18H2,2-5H3,(H,41,45)(H,38,39,40)/t31-/m1/s1. The summed E-state index contributed by atoms with van der Waals surface area (Å²) in [7, 11) is 7.58. The molecule has 1 aromatic heterocycles. The molecular weight excluding hydrogens is 597 g/mol. The fourth-order valence-corrected chi connectivity index (χ4v) is 5.11. The molecule has 0 radical (unpaired) electrons. The number of likely N-dealkylation sites (N-methyl/N-ethyl adjacent to an activating group) is 2. The second-order valence-electron chi connectivity index (χ2n) is 11.2. The number of carbonyl (C=O) groups is 1. The van der Waals surface area contributed by atoms with Crippen LogP contribution in [0.25, 0.3) is 0 Å². The lowest BCUT2D eigenvalue weighted by Gasteiger charge is -2.26. The molecule has 1 amide bonds. The minimum absolute atomic E-state index is 0.110. The highest BCUT2D eigenvalue weighted by Gasteiger charge is 2.29. The van der Waals surface area contributed by atoms with Crippen molar-refractivity contribution in [3.8, 4) is 17.6 Å². The third kappa shape index (κ3) is 8.43. The Morgan fingerprint density at radius 3 is 2.55 bits per heavy atom. The van der Waals surface area contributed by atoms with Crippen molar-refractivity contribution in [3.05, 3.63) is 108 Å². The minimum Gasteiger partial charge on any atom is -0.494 e. The average molecular weight is 636 g/mol. The highest BCUT2D eigenvalue weighted by atomic mass is 19.1. The first-order chi connectivity index (χ1) is 22.7. The van der Waals surface area contributed by atoms with E-state index in [0.29, 0.717) is 40.9 Å². The predicted molar refractivity (Wildman–Crippen MR) is 184 cm³/mol. The molecule has 2 N–H and O–H groups in total. The van der Waals surface area contributed by atoms with Crippen molar-refractivity contribution < 1.29 is 18.8 Å². The number of hydrogen-bond donors (Lipinski definition) is 2. The highest BCUT2D eigenvalue weighted by Crippen LogP contribution is 2.39. The van der Waals surface area contributed by atoms with Gasteiger partial charge in [-0.25, -0.2) is 19.4 Å². The number of aromatic nitrogens is 2. The molecule has 1 saturated heterocycles. The first-order valence-electron chi connectivity index (χ1n) is 15.1. The van der Waals surface area contributed by atoms with Crippen LogP contribution < -0.4 is 25.3 Å². The average Bonchev–Trinajstić information content (AvgIpc) is 3.57. The summed E-state index contributed by atoms with van der Waals surface area (Å²) in [4.78, 5) is 31.5. The maximum atomic E-state index is 13.6. The van der Waals surface area contributed by atoms with Gasteiger partial charge >= 0.3 is 0 Å². The summed E-state index contributed by atoms with van der Waals surface area (Å²) in [5.41, 5.74) is 4.43. The first-order valence-corrected chi connectivity index (χ1v) is 15.1. The van der Waals surface area contributed by atoms with Gasteiger partial charge in [0.2, 0.25) is 5.91 Å². The molecule has 242 valence electrons. The van der Waals surface area contributed by atoms with Gasteiger partial charge in [-0.2, -0.15) is 0 Å². The quantitative estimate of drug-likeness (QED) is 0.157. The van der Waals surface area contributed by atoms with Crippen LogP contribution in [0.2, 0.25) is 0 Å². The van der Waals surface area contributed by atoms with Gasteiger partial charge in [-0.15, -0.1) is 0 Å². The first kappa shape index (κ1) is 32.9. The largest absolute Gasteiger partial charge is 0.494 e. The van der Waals surface area contributed by atoms with Crippen molar-refractivity contribution in [1.29, 1.82) is 0 Å². The molecule has 5 rings (SSSR count). The van der Waals surface area contributed by atoms with Crippen LogP contribution in [0.1, 0.15) is 29.2 Å². The molecule has 1 aliphatic heterocycles. The molecule has 11 heteroatoms. The summed E-state index contributed by atoms with van der Waals surface area (Å²) < 4.78 is 19.3. The van der Waals surface area contributed by atoms with Crippen molar-refractivity contribution in [1.82, 2.24) is 14.9 Å². The fraction of sp³-hybridized carbons (Fsp3) is 0.250. The molecule has 4 aromatic rings. The second kappa shape index (κ2) is 15.2. The maximum absolute atomic E-state index is 13.6. The third-order valence-corrected chi connectivity index (χ3v) is 7.55. The van der Waals surface area contributed by atoms with Gasteiger partial charge in [0.05, 0.1) is 36.8 Å². The lowest BCUT2D eigenvalue weighted by molar-refractivity contribution is -0.111. The van der Waals surface area contributed by atoms with Crippen LogP contribution in [0.5, 0.6) is 5.75 Å². The zero-order valence-corrected chi connectivity index (χ0v) is 27.0. The molecule has 1 atom stereocenters. The number of anilines is 5. The summed E-state index contributed by atoms with van der Waals surface area (Å²) in [6.45, 7) is 5.66. The molecule has 0 spiro atoms. The number of nitrogens with zero attached hydrogens (tertiary/aromatic N) is 5. The molecule has 47 heavy (non-hydrogen) atoms. The van der Waals surface area contributed by atoms with E-state index in [9.17, 15) is 9.18 Å². The summed E-state index contributed by atoms with van der Waals surface area (Å²) in [6.07, 6.45) is 3.45. The normalized spacial score (nSPS) is 13.9. The van der Waals surface area contributed by atoms with E-state index in [1.807, 2.05) is 57.5 Å². The van der Waals surface area contributed by atoms with Crippen molar-refractivity contribution in [2.24, 2.45) is 0 Å². The summed E-state index contributed by atoms with van der Waals surface area (Å²) in [5, 5.41) is 8.02. The summed E-state index contributed by atoms with van der Waals surface area (Å²) >= 11 is 0. The fourth-order valence-electron chi connectivity index (χ4n) is 5.11. The van der Waals surface area contributed by atoms with Gasteiger partial charge in [0.25, 0.3) is 0 Å². The molecular formula is C36H38FN7O3. The Morgan fingerprint density at radius 1 is 1.06 bits per heavy atom. The van der Waals surface area contributed by atoms with E-state index in [2.05, 4.69) is 48.8 Å². The van der Waals surface area contributed by atoms with Gasteiger partial charge in [0.1, 0.15) is 23.7 Å². The van der Waals surface area contributed by atoms with Crippen molar-refractivity contribution in [2.75, 3.05) is 68.5 Å². The molecule has 0 unspecified atom stereocenters. The second-order valence-corrected chi connectivity index (χ2v) is 11.2. The number of rotatable bonds is 11. The number of amides is 1. The Balaban J connectivity index is 1.39. The highest BCUT2D eigenvalue weighted by molar-refractivity contribution is 6.02. The number of benzene rings is 3. The van der Waals surface area contributed by atoms with Crippen molar-refractivity contribution in [3.63, 3.8) is 0 Å². The lowest BCUT2D eigenvalue weighted by atomic mass is 10.0. The molecule has 0 saturated carbocycles. The van der Waals surface area contributed by atoms with Gasteiger partial charge < -0.3 is 25.2 Å². The van der Waals surface area contributed by atoms with Crippen LogP contribution >= 0.6 is 0 Å². The Hall–Kier alpha value is -5.44. The van der Waals surface area contributed by atoms with E-state index >= 15 is 0 Å². The lowest BCUT2D eigenvalue weighted by Crippen LogP contribution is -2.29. The van der Waals surface area contributed by atoms with Crippen molar-refractivity contribution >= 4 is 34.6 Å². The maximum Gasteiger partial charge on any atom is 0.247 e. The number of carbonyl (C=O) groups excluding carboxylic acids is 1. The van der Waals surface area contributed by atoms with Crippen LogP contribution in [-0.2, 0) is 9.63 Å². The summed E-state index contributed by atoms with van der Waals surface area (Å²) in [6, 6.07) is 19.5. The molecule has 1 aliphatic rings. The number of ether oxygens (including phenoxy) is 1. The number of halogens is 1. The van der Waals surface area contributed by atoms with Crippen LogP contribution in [0.15, 0.2) is 85.7 Å². The van der Waals surface area contributed by atoms with Gasteiger partial charge in [-0.1, -0.05) is 36.6 Å². The van der Waals surface area contributed by atoms with Gasteiger partial charge in [-0.05, 0) is 62.1 Å². The van der Waals surface area contributed by atoms with Gasteiger partial charge in [0.15, 0.2) is 5.82 Å². The van der Waals surface area contributed by atoms with E-state index in [1.54, 1.807) is 30.4 Å². The number of nitrogens with one attached hydrogen (secondary N) is 2. The molecule has 10 nitrogen and oxygen atoms in total. The molecule has 1 fully saturated rings. The van der Waals surface area contributed by atoms with Crippen LogP contribution in [0.3, 0.4) is 0 Å². The summed E-state index contributed by atoms with van der Waals surface area (Å²) in [5.74, 6) is 7.17. The zero-order chi connectivity index (χ0) is 33.3. The minimum atomic E-state index is -0.325. The smallest absolute Gasteiger partial charge is 0.247 e.